The van der Waals surface area contributed by atoms with E-state index in [9.17, 15) is 4.79 Å². The summed E-state index contributed by atoms with van der Waals surface area (Å²) in [6, 6.07) is 3.84. The number of carbonyl (C=O) groups is 1. The lowest BCUT2D eigenvalue weighted by molar-refractivity contribution is 0.0918. The predicted octanol–water partition coefficient (Wildman–Crippen LogP) is 0.546. The predicted molar refractivity (Wildman–Crippen MR) is 56.1 cm³/mol. The second-order valence-corrected chi connectivity index (χ2v) is 4.02. The fourth-order valence-electron chi connectivity index (χ4n) is 1.20. The number of carbonyl (C=O) groups excluding carboxylic acids is 1. The highest BCUT2D eigenvalue weighted by molar-refractivity contribution is 9.10. The van der Waals surface area contributed by atoms with Gasteiger partial charge in [0.15, 0.2) is 0 Å². The molecule has 0 spiro atoms. The smallest absolute Gasteiger partial charge is 0.271 e. The number of rotatable bonds is 2. The molecule has 0 atom stereocenters. The van der Waals surface area contributed by atoms with E-state index in [-0.39, 0.29) is 11.9 Å². The van der Waals surface area contributed by atoms with Crippen molar-refractivity contribution < 1.29 is 4.79 Å². The molecule has 5 heteroatoms. The van der Waals surface area contributed by atoms with Crippen LogP contribution in [0.5, 0.6) is 0 Å². The van der Waals surface area contributed by atoms with Gasteiger partial charge >= 0.3 is 0 Å². The van der Waals surface area contributed by atoms with E-state index in [0.717, 1.165) is 17.6 Å². The second-order valence-electron chi connectivity index (χ2n) is 3.16. The highest BCUT2D eigenvalue weighted by Gasteiger charge is 2.20. The van der Waals surface area contributed by atoms with Crippen LogP contribution in [0.1, 0.15) is 10.5 Å². The van der Waals surface area contributed by atoms with Gasteiger partial charge in [-0.25, -0.2) is 4.98 Å². The normalized spacial score (nSPS) is 16.1. The molecule has 0 aromatic carbocycles. The summed E-state index contributed by atoms with van der Waals surface area (Å²) in [7, 11) is 0. The molecule has 2 heterocycles. The van der Waals surface area contributed by atoms with Gasteiger partial charge in [-0.2, -0.15) is 0 Å². The standard InChI is InChI=1S/C9H10BrN3O/c10-7-2-1-3-12-8(7)9(14)13-6-4-11-5-6/h1-3,6,11H,4-5H2,(H,13,14). The summed E-state index contributed by atoms with van der Waals surface area (Å²) in [6.45, 7) is 1.69. The average molecular weight is 256 g/mol. The summed E-state index contributed by atoms with van der Waals surface area (Å²) in [5.41, 5.74) is 0.444. The highest BCUT2D eigenvalue weighted by Crippen LogP contribution is 2.13. The van der Waals surface area contributed by atoms with Crippen molar-refractivity contribution in [3.8, 4) is 0 Å². The van der Waals surface area contributed by atoms with Crippen molar-refractivity contribution in [2.24, 2.45) is 0 Å². The molecule has 1 aromatic heterocycles. The van der Waals surface area contributed by atoms with Crippen LogP contribution in [0.15, 0.2) is 22.8 Å². The summed E-state index contributed by atoms with van der Waals surface area (Å²) in [5, 5.41) is 5.97. The van der Waals surface area contributed by atoms with Gasteiger partial charge in [-0.15, -0.1) is 0 Å². The Morgan fingerprint density at radius 3 is 3.00 bits per heavy atom. The molecule has 0 unspecified atom stereocenters. The van der Waals surface area contributed by atoms with Gasteiger partial charge in [0.25, 0.3) is 5.91 Å². The molecular weight excluding hydrogens is 246 g/mol. The Bertz CT molecular complexity index is 352. The molecule has 1 aromatic rings. The highest BCUT2D eigenvalue weighted by atomic mass is 79.9. The van der Waals surface area contributed by atoms with E-state index in [1.54, 1.807) is 18.3 Å². The minimum absolute atomic E-state index is 0.121. The van der Waals surface area contributed by atoms with Crippen LogP contribution in [-0.2, 0) is 0 Å². The Hall–Kier alpha value is -0.940. The van der Waals surface area contributed by atoms with Crippen molar-refractivity contribution in [2.45, 2.75) is 6.04 Å². The zero-order valence-electron chi connectivity index (χ0n) is 7.46. The van der Waals surface area contributed by atoms with Crippen LogP contribution in [0, 0.1) is 0 Å². The van der Waals surface area contributed by atoms with Crippen LogP contribution < -0.4 is 10.6 Å². The fraction of sp³-hybridized carbons (Fsp3) is 0.333. The van der Waals surface area contributed by atoms with Crippen molar-refractivity contribution in [1.29, 1.82) is 0 Å². The van der Waals surface area contributed by atoms with Gasteiger partial charge < -0.3 is 10.6 Å². The molecule has 0 aliphatic carbocycles. The van der Waals surface area contributed by atoms with Crippen LogP contribution in [0.4, 0.5) is 0 Å². The molecular formula is C9H10BrN3O. The van der Waals surface area contributed by atoms with Gasteiger partial charge in [-0.05, 0) is 28.1 Å². The first-order chi connectivity index (χ1) is 6.77. The molecule has 2 rings (SSSR count). The number of halogens is 1. The van der Waals surface area contributed by atoms with E-state index in [1.165, 1.54) is 0 Å². The topological polar surface area (TPSA) is 54.0 Å². The zero-order valence-corrected chi connectivity index (χ0v) is 9.04. The third kappa shape index (κ3) is 1.93. The minimum atomic E-state index is -0.121. The molecule has 0 saturated carbocycles. The van der Waals surface area contributed by atoms with Gasteiger partial charge in [-0.1, -0.05) is 0 Å². The molecule has 2 N–H and O–H groups in total. The van der Waals surface area contributed by atoms with Crippen molar-refractivity contribution >= 4 is 21.8 Å². The maximum Gasteiger partial charge on any atom is 0.271 e. The molecule has 0 radical (unpaired) electrons. The molecule has 1 saturated heterocycles. The Balaban J connectivity index is 2.06. The summed E-state index contributed by atoms with van der Waals surface area (Å²) in [6.07, 6.45) is 1.61. The Morgan fingerprint density at radius 1 is 1.64 bits per heavy atom. The number of aromatic nitrogens is 1. The molecule has 1 aliphatic rings. The molecule has 1 aliphatic heterocycles. The number of nitrogens with one attached hydrogen (secondary N) is 2. The molecule has 0 bridgehead atoms. The molecule has 1 amide bonds. The Kier molecular flexibility index (Phi) is 2.79. The molecule has 4 nitrogen and oxygen atoms in total. The zero-order chi connectivity index (χ0) is 9.97. The molecule has 1 fully saturated rings. The van der Waals surface area contributed by atoms with E-state index in [4.69, 9.17) is 0 Å². The SMILES string of the molecule is O=C(NC1CNC1)c1ncccc1Br. The lowest BCUT2D eigenvalue weighted by Crippen LogP contribution is -2.57. The van der Waals surface area contributed by atoms with Gasteiger partial charge in [0.1, 0.15) is 5.69 Å². The number of hydrogen-bond donors (Lipinski definition) is 2. The third-order valence-corrected chi connectivity index (χ3v) is 2.73. The summed E-state index contributed by atoms with van der Waals surface area (Å²) in [5.74, 6) is -0.121. The van der Waals surface area contributed by atoms with Crippen LogP contribution in [0.25, 0.3) is 0 Å². The number of nitrogens with zero attached hydrogens (tertiary/aromatic N) is 1. The summed E-state index contributed by atoms with van der Waals surface area (Å²) in [4.78, 5) is 15.6. The minimum Gasteiger partial charge on any atom is -0.345 e. The average Bonchev–Trinajstić information content (AvgIpc) is 2.12. The van der Waals surface area contributed by atoms with Gasteiger partial charge in [-0.3, -0.25) is 4.79 Å². The monoisotopic (exact) mass is 255 g/mol. The van der Waals surface area contributed by atoms with Gasteiger partial charge in [0, 0.05) is 23.8 Å². The van der Waals surface area contributed by atoms with Crippen molar-refractivity contribution in [2.75, 3.05) is 13.1 Å². The van der Waals surface area contributed by atoms with Gasteiger partial charge in [0.05, 0.1) is 6.04 Å². The van der Waals surface area contributed by atoms with Crippen molar-refractivity contribution in [3.63, 3.8) is 0 Å². The maximum absolute atomic E-state index is 11.6. The van der Waals surface area contributed by atoms with Crippen molar-refractivity contribution in [1.82, 2.24) is 15.6 Å². The van der Waals surface area contributed by atoms with E-state index in [2.05, 4.69) is 31.5 Å². The third-order valence-electron chi connectivity index (χ3n) is 2.09. The maximum atomic E-state index is 11.6. The van der Waals surface area contributed by atoms with Crippen LogP contribution in [0.2, 0.25) is 0 Å². The van der Waals surface area contributed by atoms with Crippen LogP contribution >= 0.6 is 15.9 Å². The van der Waals surface area contributed by atoms with Crippen molar-refractivity contribution in [3.05, 3.63) is 28.5 Å². The van der Waals surface area contributed by atoms with Crippen LogP contribution in [0.3, 0.4) is 0 Å². The lowest BCUT2D eigenvalue weighted by Gasteiger charge is -2.27. The number of amides is 1. The van der Waals surface area contributed by atoms with E-state index in [1.807, 2.05) is 0 Å². The summed E-state index contributed by atoms with van der Waals surface area (Å²) < 4.78 is 0.727. The Labute approximate surface area is 90.2 Å². The summed E-state index contributed by atoms with van der Waals surface area (Å²) >= 11 is 3.29. The fourth-order valence-corrected chi connectivity index (χ4v) is 1.63. The molecule has 74 valence electrons. The largest absolute Gasteiger partial charge is 0.345 e. The number of pyridine rings is 1. The number of hydrogen-bond acceptors (Lipinski definition) is 3. The van der Waals surface area contributed by atoms with Crippen LogP contribution in [-0.4, -0.2) is 30.0 Å². The Morgan fingerprint density at radius 2 is 2.43 bits per heavy atom. The van der Waals surface area contributed by atoms with Gasteiger partial charge in [0.2, 0.25) is 0 Å². The second kappa shape index (κ2) is 4.06. The quantitative estimate of drug-likeness (QED) is 0.812. The first kappa shape index (κ1) is 9.61. The first-order valence-electron chi connectivity index (χ1n) is 4.39. The van der Waals surface area contributed by atoms with E-state index >= 15 is 0 Å². The first-order valence-corrected chi connectivity index (χ1v) is 5.19. The lowest BCUT2D eigenvalue weighted by atomic mass is 10.2. The van der Waals surface area contributed by atoms with E-state index < -0.39 is 0 Å². The molecule has 14 heavy (non-hydrogen) atoms. The van der Waals surface area contributed by atoms with E-state index in [0.29, 0.717) is 5.69 Å².